The highest BCUT2D eigenvalue weighted by molar-refractivity contribution is 7.09. The number of ketones is 1. The summed E-state index contributed by atoms with van der Waals surface area (Å²) in [5.41, 5.74) is 0.809. The molecule has 0 aliphatic heterocycles. The first-order valence-corrected chi connectivity index (χ1v) is 15.0. The van der Waals surface area contributed by atoms with Gasteiger partial charge in [-0.05, 0) is 91.7 Å². The molecule has 218 valence electrons. The third kappa shape index (κ3) is 4.37. The Balaban J connectivity index is 1.44. The Morgan fingerprint density at radius 1 is 1.05 bits per heavy atom. The van der Waals surface area contributed by atoms with Gasteiger partial charge in [0.05, 0.1) is 10.7 Å². The van der Waals surface area contributed by atoms with Crippen molar-refractivity contribution in [3.8, 4) is 0 Å². The molecular weight excluding hydrogens is 557 g/mol. The Morgan fingerprint density at radius 2 is 1.78 bits per heavy atom. The molecule has 0 radical (unpaired) electrons. The van der Waals surface area contributed by atoms with Crippen LogP contribution in [0.15, 0.2) is 52.4 Å². The highest BCUT2D eigenvalue weighted by Gasteiger charge is 2.79. The standard InChI is InChI=1S/C32H32F5NO2S/c1-18-38-22(17-41-18)9-5-19-3-6-20(7-4-19)26-16-29(2)27(13-14-30(29,40)31(33,34)32(35,36)37)25-11-8-21-15-23(39)10-12-24(21)28(25)26/h3-7,9,15,17,25-27,40H,8,10-14,16H2,1-2H3/b9-5+/t25?,26-,27?,29+,30+/m1/s1. The van der Waals surface area contributed by atoms with Gasteiger partial charge in [0, 0.05) is 23.1 Å². The number of halogens is 5. The Bertz CT molecular complexity index is 1470. The number of fused-ring (bicyclic) bond motifs is 4. The van der Waals surface area contributed by atoms with Crippen LogP contribution in [-0.2, 0) is 4.79 Å². The summed E-state index contributed by atoms with van der Waals surface area (Å²) in [5.74, 6) is -6.36. The maximum Gasteiger partial charge on any atom is 0.456 e. The maximum atomic E-state index is 15.1. The molecule has 0 saturated heterocycles. The van der Waals surface area contributed by atoms with E-state index in [2.05, 4.69) is 4.98 Å². The minimum Gasteiger partial charge on any atom is -0.383 e. The fourth-order valence-corrected chi connectivity index (χ4v) is 8.77. The number of hydrogen-bond donors (Lipinski definition) is 1. The molecule has 1 aromatic carbocycles. The normalized spacial score (nSPS) is 32.1. The number of aromatic nitrogens is 1. The molecule has 1 N–H and O–H groups in total. The quantitative estimate of drug-likeness (QED) is 0.364. The lowest BCUT2D eigenvalue weighted by atomic mass is 9.50. The molecule has 1 aromatic heterocycles. The summed E-state index contributed by atoms with van der Waals surface area (Å²) < 4.78 is 71.5. The van der Waals surface area contributed by atoms with E-state index in [1.807, 2.05) is 48.7 Å². The van der Waals surface area contributed by atoms with E-state index in [1.165, 1.54) is 6.92 Å². The van der Waals surface area contributed by atoms with Gasteiger partial charge in [0.25, 0.3) is 0 Å². The number of alkyl halides is 5. The van der Waals surface area contributed by atoms with Crippen LogP contribution < -0.4 is 0 Å². The molecule has 2 fully saturated rings. The average Bonchev–Trinajstić information content (AvgIpc) is 3.46. The molecule has 6 rings (SSSR count). The summed E-state index contributed by atoms with van der Waals surface area (Å²) in [5, 5.41) is 14.3. The van der Waals surface area contributed by atoms with E-state index < -0.39 is 41.4 Å². The summed E-state index contributed by atoms with van der Waals surface area (Å²) >= 11 is 1.55. The second kappa shape index (κ2) is 9.69. The van der Waals surface area contributed by atoms with Crippen molar-refractivity contribution < 1.29 is 31.9 Å². The predicted molar refractivity (Wildman–Crippen MR) is 148 cm³/mol. The Labute approximate surface area is 239 Å². The highest BCUT2D eigenvalue weighted by Crippen LogP contribution is 2.70. The molecule has 5 atom stereocenters. The second-order valence-corrected chi connectivity index (χ2v) is 13.3. The highest BCUT2D eigenvalue weighted by atomic mass is 32.1. The number of hydrogen-bond acceptors (Lipinski definition) is 4. The van der Waals surface area contributed by atoms with Crippen LogP contribution in [0.4, 0.5) is 22.0 Å². The van der Waals surface area contributed by atoms with Gasteiger partial charge in [-0.25, -0.2) is 4.98 Å². The van der Waals surface area contributed by atoms with E-state index in [0.717, 1.165) is 38.5 Å². The Morgan fingerprint density at radius 3 is 2.44 bits per heavy atom. The summed E-state index contributed by atoms with van der Waals surface area (Å²) in [7, 11) is 0. The third-order valence-corrected chi connectivity index (χ3v) is 11.0. The summed E-state index contributed by atoms with van der Waals surface area (Å²) in [4.78, 5) is 16.6. The van der Waals surface area contributed by atoms with Crippen LogP contribution in [0.3, 0.4) is 0 Å². The zero-order chi connectivity index (χ0) is 29.4. The fraction of sp³-hybridized carbons (Fsp3) is 0.500. The summed E-state index contributed by atoms with van der Waals surface area (Å²) in [6.07, 6.45) is 1.19. The average molecular weight is 590 g/mol. The molecule has 3 nitrogen and oxygen atoms in total. The summed E-state index contributed by atoms with van der Waals surface area (Å²) in [6, 6.07) is 7.64. The first kappa shape index (κ1) is 28.5. The van der Waals surface area contributed by atoms with Crippen molar-refractivity contribution in [1.82, 2.24) is 4.98 Å². The molecule has 2 unspecified atom stereocenters. The first-order chi connectivity index (χ1) is 19.2. The number of allylic oxidation sites excluding steroid dienone is 4. The van der Waals surface area contributed by atoms with E-state index in [4.69, 9.17) is 0 Å². The van der Waals surface area contributed by atoms with Crippen LogP contribution in [0.25, 0.3) is 12.2 Å². The number of rotatable bonds is 4. The van der Waals surface area contributed by atoms with E-state index in [1.54, 1.807) is 17.4 Å². The fourth-order valence-electron chi connectivity index (χ4n) is 8.19. The number of benzene rings is 1. The molecule has 0 bridgehead atoms. The molecule has 0 amide bonds. The number of nitrogens with zero attached hydrogens (tertiary/aromatic N) is 1. The zero-order valence-electron chi connectivity index (χ0n) is 22.9. The number of carbonyl (C=O) groups is 1. The lowest BCUT2D eigenvalue weighted by Crippen LogP contribution is -2.65. The third-order valence-electron chi connectivity index (χ3n) is 10.2. The minimum absolute atomic E-state index is 0.0241. The first-order valence-electron chi connectivity index (χ1n) is 14.1. The lowest BCUT2D eigenvalue weighted by Gasteiger charge is -2.56. The van der Waals surface area contributed by atoms with E-state index >= 15 is 8.78 Å². The van der Waals surface area contributed by atoms with Crippen molar-refractivity contribution in [2.45, 2.75) is 82.4 Å². The maximum absolute atomic E-state index is 15.1. The number of thiazole rings is 1. The number of aryl methyl sites for hydroxylation is 1. The van der Waals surface area contributed by atoms with Crippen molar-refractivity contribution in [3.05, 3.63) is 74.3 Å². The van der Waals surface area contributed by atoms with Crippen molar-refractivity contribution in [3.63, 3.8) is 0 Å². The Hall–Kier alpha value is -2.65. The van der Waals surface area contributed by atoms with Gasteiger partial charge in [-0.3, -0.25) is 4.79 Å². The molecule has 2 aromatic rings. The minimum atomic E-state index is -5.86. The summed E-state index contributed by atoms with van der Waals surface area (Å²) in [6.45, 7) is 3.38. The van der Waals surface area contributed by atoms with Crippen molar-refractivity contribution >= 4 is 29.3 Å². The van der Waals surface area contributed by atoms with Gasteiger partial charge in [0.2, 0.25) is 0 Å². The smallest absolute Gasteiger partial charge is 0.383 e. The van der Waals surface area contributed by atoms with Crippen LogP contribution in [0, 0.1) is 24.2 Å². The van der Waals surface area contributed by atoms with Gasteiger partial charge in [-0.2, -0.15) is 22.0 Å². The van der Waals surface area contributed by atoms with Crippen molar-refractivity contribution in [1.29, 1.82) is 0 Å². The second-order valence-electron chi connectivity index (χ2n) is 12.3. The van der Waals surface area contributed by atoms with Crippen molar-refractivity contribution in [2.24, 2.45) is 17.3 Å². The molecule has 4 aliphatic rings. The lowest BCUT2D eigenvalue weighted by molar-refractivity contribution is -0.362. The SMILES string of the molecule is Cc1nc(/C=C/c2ccc([C@H]3C[C@@]4(C)C(CC[C@@]4(O)C(F)(F)C(F)(F)F)C4CCC5=CC(=O)CCC5=C43)cc2)cs1. The van der Waals surface area contributed by atoms with Crippen LogP contribution in [0.1, 0.15) is 79.6 Å². The van der Waals surface area contributed by atoms with Crippen LogP contribution in [0.5, 0.6) is 0 Å². The molecule has 1 heterocycles. The van der Waals surface area contributed by atoms with Crippen LogP contribution in [-0.4, -0.2) is 33.6 Å². The van der Waals surface area contributed by atoms with Gasteiger partial charge in [-0.15, -0.1) is 11.3 Å². The molecule has 0 spiro atoms. The van der Waals surface area contributed by atoms with Crippen LogP contribution >= 0.6 is 11.3 Å². The van der Waals surface area contributed by atoms with E-state index in [9.17, 15) is 23.1 Å². The van der Waals surface area contributed by atoms with E-state index in [0.29, 0.717) is 25.7 Å². The monoisotopic (exact) mass is 589 g/mol. The molecule has 9 heteroatoms. The van der Waals surface area contributed by atoms with Crippen LogP contribution in [0.2, 0.25) is 0 Å². The molecule has 41 heavy (non-hydrogen) atoms. The van der Waals surface area contributed by atoms with Gasteiger partial charge in [0.1, 0.15) is 5.60 Å². The Kier molecular flexibility index (Phi) is 6.73. The number of aliphatic hydroxyl groups is 1. The zero-order valence-corrected chi connectivity index (χ0v) is 23.7. The topological polar surface area (TPSA) is 50.2 Å². The number of carbonyl (C=O) groups excluding carboxylic acids is 1. The van der Waals surface area contributed by atoms with Gasteiger partial charge in [0.15, 0.2) is 5.78 Å². The molecule has 2 saturated carbocycles. The largest absolute Gasteiger partial charge is 0.456 e. The van der Waals surface area contributed by atoms with Gasteiger partial charge >= 0.3 is 12.1 Å². The van der Waals surface area contributed by atoms with Gasteiger partial charge < -0.3 is 5.11 Å². The van der Waals surface area contributed by atoms with Crippen molar-refractivity contribution in [2.75, 3.05) is 0 Å². The molecular formula is C32H32F5NO2S. The van der Waals surface area contributed by atoms with Gasteiger partial charge in [-0.1, -0.05) is 42.8 Å². The van der Waals surface area contributed by atoms with E-state index in [-0.39, 0.29) is 24.5 Å². The molecule has 4 aliphatic carbocycles. The predicted octanol–water partition coefficient (Wildman–Crippen LogP) is 8.45.